The van der Waals surface area contributed by atoms with Gasteiger partial charge in [0, 0.05) is 27.9 Å². The van der Waals surface area contributed by atoms with Crippen LogP contribution in [0.5, 0.6) is 5.75 Å². The lowest BCUT2D eigenvalue weighted by Gasteiger charge is -2.19. The Morgan fingerprint density at radius 1 is 0.875 bits per heavy atom. The first-order valence-corrected chi connectivity index (χ1v) is 11.9. The monoisotopic (exact) mass is 445 g/mol. The number of para-hydroxylation sites is 1. The highest BCUT2D eigenvalue weighted by Gasteiger charge is 2.27. The number of methoxy groups -OCH3 is 1. The second kappa shape index (κ2) is 9.77. The van der Waals surface area contributed by atoms with Crippen LogP contribution in [0.15, 0.2) is 91.3 Å². The van der Waals surface area contributed by atoms with Crippen LogP contribution in [0.25, 0.3) is 11.3 Å². The Balaban J connectivity index is 1.59. The van der Waals surface area contributed by atoms with Crippen molar-refractivity contribution in [2.75, 3.05) is 19.0 Å². The van der Waals surface area contributed by atoms with E-state index in [0.717, 1.165) is 22.7 Å². The van der Waals surface area contributed by atoms with Gasteiger partial charge in [-0.25, -0.2) is 9.97 Å². The molecule has 3 aromatic carbocycles. The molecule has 0 fully saturated rings. The molecule has 0 spiro atoms. The quantitative estimate of drug-likeness (QED) is 0.378. The zero-order valence-electron chi connectivity index (χ0n) is 17.9. The van der Waals surface area contributed by atoms with Gasteiger partial charge in [-0.15, -0.1) is 0 Å². The van der Waals surface area contributed by atoms with Gasteiger partial charge in [-0.05, 0) is 55.5 Å². The van der Waals surface area contributed by atoms with Crippen LogP contribution in [0.3, 0.4) is 0 Å². The summed E-state index contributed by atoms with van der Waals surface area (Å²) in [6.07, 6.45) is 1.51. The third kappa shape index (κ3) is 4.57. The number of aromatic nitrogens is 2. The average Bonchev–Trinajstić information content (AvgIpc) is 2.85. The van der Waals surface area contributed by atoms with Crippen LogP contribution in [0.2, 0.25) is 0 Å². The number of benzene rings is 3. The highest BCUT2D eigenvalue weighted by Crippen LogP contribution is 2.44. The van der Waals surface area contributed by atoms with E-state index < -0.39 is 7.37 Å². The molecule has 0 radical (unpaired) electrons. The van der Waals surface area contributed by atoms with Crippen LogP contribution >= 0.6 is 7.37 Å². The summed E-state index contributed by atoms with van der Waals surface area (Å²) in [5, 5.41) is 4.61. The molecule has 4 rings (SSSR count). The van der Waals surface area contributed by atoms with E-state index in [0.29, 0.717) is 23.0 Å². The van der Waals surface area contributed by atoms with E-state index >= 15 is 0 Å². The number of hydrogen-bond donors (Lipinski definition) is 1. The summed E-state index contributed by atoms with van der Waals surface area (Å²) in [6, 6.07) is 26.3. The van der Waals surface area contributed by atoms with Crippen molar-refractivity contribution in [3.8, 4) is 17.0 Å². The molecule has 0 saturated carbocycles. The number of nitrogens with zero attached hydrogens (tertiary/aromatic N) is 2. The summed E-state index contributed by atoms with van der Waals surface area (Å²) >= 11 is 0. The predicted molar refractivity (Wildman–Crippen MR) is 129 cm³/mol. The van der Waals surface area contributed by atoms with E-state index in [-0.39, 0.29) is 0 Å². The highest BCUT2D eigenvalue weighted by molar-refractivity contribution is 7.74. The lowest BCUT2D eigenvalue weighted by molar-refractivity contribution is 0.348. The van der Waals surface area contributed by atoms with Gasteiger partial charge in [-0.3, -0.25) is 4.57 Å². The Kier molecular flexibility index (Phi) is 6.64. The Labute approximate surface area is 187 Å². The van der Waals surface area contributed by atoms with Crippen molar-refractivity contribution in [1.82, 2.24) is 9.97 Å². The molecule has 0 aliphatic rings. The molecule has 0 amide bonds. The van der Waals surface area contributed by atoms with Gasteiger partial charge >= 0.3 is 0 Å². The Bertz CT molecular complexity index is 1230. The van der Waals surface area contributed by atoms with Crippen molar-refractivity contribution in [2.45, 2.75) is 6.92 Å². The molecule has 1 N–H and O–H groups in total. The predicted octanol–water partition coefficient (Wildman–Crippen LogP) is 5.16. The van der Waals surface area contributed by atoms with Gasteiger partial charge in [0.15, 0.2) is 0 Å². The first-order valence-electron chi connectivity index (χ1n) is 10.3. The first-order chi connectivity index (χ1) is 15.6. The van der Waals surface area contributed by atoms with Crippen LogP contribution in [-0.2, 0) is 9.09 Å². The smallest absolute Gasteiger partial charge is 0.261 e. The number of nitrogens with one attached hydrogen (secondary N) is 1. The maximum Gasteiger partial charge on any atom is 0.261 e. The van der Waals surface area contributed by atoms with Crippen LogP contribution in [0.4, 0.5) is 11.5 Å². The minimum atomic E-state index is -3.15. The Morgan fingerprint density at radius 2 is 1.56 bits per heavy atom. The molecule has 1 atom stereocenters. The van der Waals surface area contributed by atoms with Crippen molar-refractivity contribution >= 4 is 29.5 Å². The maximum atomic E-state index is 13.7. The molecule has 162 valence electrons. The second-order valence-electron chi connectivity index (χ2n) is 6.97. The Hall–Kier alpha value is -3.47. The van der Waals surface area contributed by atoms with E-state index in [1.807, 2.05) is 91.9 Å². The maximum absolute atomic E-state index is 13.7. The fraction of sp³-hybridized carbons (Fsp3) is 0.120. The molecule has 6 nitrogen and oxygen atoms in total. The SMILES string of the molecule is CCOP(=O)(c1ccccc1)c1ccc(Nc2cc(-c3ccccc3OC)ncn2)cc1. The standard InChI is InChI=1S/C25H24N3O3P/c1-3-31-32(29,20-9-5-4-6-10-20)21-15-13-19(14-16-21)28-25-17-23(26-18-27-25)22-11-7-8-12-24(22)30-2/h4-18H,3H2,1-2H3,(H,26,27,28). The number of anilines is 2. The van der Waals surface area contributed by atoms with Gasteiger partial charge < -0.3 is 14.6 Å². The molecule has 32 heavy (non-hydrogen) atoms. The van der Waals surface area contributed by atoms with Gasteiger partial charge in [0.25, 0.3) is 7.37 Å². The largest absolute Gasteiger partial charge is 0.496 e. The summed E-state index contributed by atoms with van der Waals surface area (Å²) in [6.45, 7) is 2.21. The van der Waals surface area contributed by atoms with Crippen molar-refractivity contribution in [3.05, 3.63) is 91.3 Å². The average molecular weight is 445 g/mol. The molecule has 0 aliphatic carbocycles. The normalized spacial score (nSPS) is 12.7. The second-order valence-corrected chi connectivity index (χ2v) is 9.36. The summed E-state index contributed by atoms with van der Waals surface area (Å²) in [7, 11) is -1.51. The minimum Gasteiger partial charge on any atom is -0.496 e. The zero-order chi connectivity index (χ0) is 22.4. The molecule has 0 aliphatic heterocycles. The Morgan fingerprint density at radius 3 is 2.28 bits per heavy atom. The number of ether oxygens (including phenoxy) is 1. The number of rotatable bonds is 8. The fourth-order valence-electron chi connectivity index (χ4n) is 3.42. The topological polar surface area (TPSA) is 73.3 Å². The summed E-state index contributed by atoms with van der Waals surface area (Å²) in [5.74, 6) is 1.39. The van der Waals surface area contributed by atoms with Gasteiger partial charge in [-0.2, -0.15) is 0 Å². The van der Waals surface area contributed by atoms with Crippen molar-refractivity contribution in [1.29, 1.82) is 0 Å². The van der Waals surface area contributed by atoms with Crippen molar-refractivity contribution in [3.63, 3.8) is 0 Å². The highest BCUT2D eigenvalue weighted by atomic mass is 31.2. The summed E-state index contributed by atoms with van der Waals surface area (Å²) in [5.41, 5.74) is 2.45. The van der Waals surface area contributed by atoms with E-state index in [1.54, 1.807) is 7.11 Å². The third-order valence-electron chi connectivity index (χ3n) is 4.94. The molecule has 1 heterocycles. The summed E-state index contributed by atoms with van der Waals surface area (Å²) in [4.78, 5) is 8.70. The molecule has 1 unspecified atom stereocenters. The van der Waals surface area contributed by atoms with E-state index in [2.05, 4.69) is 15.3 Å². The van der Waals surface area contributed by atoms with Crippen LogP contribution in [-0.4, -0.2) is 23.7 Å². The molecule has 0 bridgehead atoms. The van der Waals surface area contributed by atoms with E-state index in [9.17, 15) is 4.57 Å². The van der Waals surface area contributed by atoms with Gasteiger partial charge in [0.1, 0.15) is 17.9 Å². The van der Waals surface area contributed by atoms with E-state index in [4.69, 9.17) is 9.26 Å². The number of hydrogen-bond acceptors (Lipinski definition) is 6. The first kappa shape index (κ1) is 21.8. The molecule has 4 aromatic rings. The molecular formula is C25H24N3O3P. The van der Waals surface area contributed by atoms with Crippen LogP contribution < -0.4 is 20.7 Å². The van der Waals surface area contributed by atoms with Gasteiger partial charge in [0.2, 0.25) is 0 Å². The van der Waals surface area contributed by atoms with E-state index in [1.165, 1.54) is 6.33 Å². The van der Waals surface area contributed by atoms with Crippen LogP contribution in [0.1, 0.15) is 6.92 Å². The lowest BCUT2D eigenvalue weighted by atomic mass is 10.1. The van der Waals surface area contributed by atoms with Crippen LogP contribution in [0, 0.1) is 0 Å². The van der Waals surface area contributed by atoms with Gasteiger partial charge in [-0.1, -0.05) is 30.3 Å². The minimum absolute atomic E-state index is 0.360. The molecule has 1 aromatic heterocycles. The molecular weight excluding hydrogens is 421 g/mol. The third-order valence-corrected chi connectivity index (χ3v) is 7.51. The zero-order valence-corrected chi connectivity index (χ0v) is 18.8. The van der Waals surface area contributed by atoms with Gasteiger partial charge in [0.05, 0.1) is 19.4 Å². The summed E-state index contributed by atoms with van der Waals surface area (Å²) < 4.78 is 24.9. The van der Waals surface area contributed by atoms with Crippen molar-refractivity contribution in [2.24, 2.45) is 0 Å². The van der Waals surface area contributed by atoms with Crippen molar-refractivity contribution < 1.29 is 13.8 Å². The molecule has 0 saturated heterocycles. The lowest BCUT2D eigenvalue weighted by Crippen LogP contribution is -2.18. The molecule has 7 heteroatoms. The fourth-order valence-corrected chi connectivity index (χ4v) is 5.49.